The molecule has 1 amide bonds. The lowest BCUT2D eigenvalue weighted by Crippen LogP contribution is -2.36. The zero-order valence-electron chi connectivity index (χ0n) is 9.14. The molecule has 0 fully saturated rings. The molecule has 0 heterocycles. The molecule has 0 saturated heterocycles. The van der Waals surface area contributed by atoms with Gasteiger partial charge in [0.15, 0.2) is 11.6 Å². The van der Waals surface area contributed by atoms with Crippen LogP contribution in [0.2, 0.25) is 0 Å². The molecule has 0 aliphatic carbocycles. The minimum atomic E-state index is -1.30. The summed E-state index contributed by atoms with van der Waals surface area (Å²) < 4.78 is 38.6. The van der Waals surface area contributed by atoms with Crippen molar-refractivity contribution in [1.82, 2.24) is 5.32 Å². The van der Waals surface area contributed by atoms with Crippen LogP contribution in [0.5, 0.6) is 0 Å². The third kappa shape index (κ3) is 3.74. The topological polar surface area (TPSA) is 49.3 Å². The molecule has 0 spiro atoms. The Morgan fingerprint density at radius 1 is 1.29 bits per heavy atom. The summed E-state index contributed by atoms with van der Waals surface area (Å²) in [6, 6.07) is 0.567. The maximum Gasteiger partial charge on any atom is 0.224 e. The second kappa shape index (κ2) is 5.67. The predicted molar refractivity (Wildman–Crippen MR) is 54.7 cm³/mol. The van der Waals surface area contributed by atoms with Gasteiger partial charge in [-0.15, -0.1) is 0 Å². The maximum atomic E-state index is 13.2. The molecular formula is C11H12F3NO2. The second-order valence-corrected chi connectivity index (χ2v) is 3.69. The number of carbonyl (C=O) groups is 1. The Labute approximate surface area is 96.3 Å². The van der Waals surface area contributed by atoms with E-state index in [1.807, 2.05) is 0 Å². The molecular weight excluding hydrogens is 235 g/mol. The highest BCUT2D eigenvalue weighted by Crippen LogP contribution is 2.14. The Hall–Kier alpha value is -1.56. The van der Waals surface area contributed by atoms with Crippen LogP contribution in [0.15, 0.2) is 12.1 Å². The maximum absolute atomic E-state index is 13.2. The lowest BCUT2D eigenvalue weighted by Gasteiger charge is -2.11. The van der Waals surface area contributed by atoms with Crippen LogP contribution in [0, 0.1) is 17.5 Å². The molecule has 1 atom stereocenters. The van der Waals surface area contributed by atoms with Gasteiger partial charge in [-0.2, -0.15) is 0 Å². The zero-order chi connectivity index (χ0) is 13.0. The van der Waals surface area contributed by atoms with E-state index in [1.165, 1.54) is 0 Å². The fourth-order valence-corrected chi connectivity index (χ4v) is 1.24. The molecule has 1 unspecified atom stereocenters. The highest BCUT2D eigenvalue weighted by Gasteiger charge is 2.14. The molecule has 1 aromatic rings. The van der Waals surface area contributed by atoms with Crippen molar-refractivity contribution < 1.29 is 23.1 Å². The van der Waals surface area contributed by atoms with Crippen LogP contribution < -0.4 is 5.32 Å². The van der Waals surface area contributed by atoms with E-state index in [4.69, 9.17) is 5.11 Å². The molecule has 17 heavy (non-hydrogen) atoms. The highest BCUT2D eigenvalue weighted by atomic mass is 19.2. The van der Waals surface area contributed by atoms with Gasteiger partial charge in [-0.1, -0.05) is 0 Å². The van der Waals surface area contributed by atoms with E-state index in [-0.39, 0.29) is 12.2 Å². The summed E-state index contributed by atoms with van der Waals surface area (Å²) in [5.41, 5.74) is -0.230. The molecule has 0 aliphatic rings. The van der Waals surface area contributed by atoms with E-state index in [1.54, 1.807) is 6.92 Å². The van der Waals surface area contributed by atoms with Gasteiger partial charge in [0.1, 0.15) is 5.82 Å². The third-order valence-corrected chi connectivity index (χ3v) is 2.12. The van der Waals surface area contributed by atoms with Gasteiger partial charge < -0.3 is 10.4 Å². The second-order valence-electron chi connectivity index (χ2n) is 3.69. The van der Waals surface area contributed by atoms with Gasteiger partial charge in [0, 0.05) is 17.7 Å². The summed E-state index contributed by atoms with van der Waals surface area (Å²) in [5, 5.41) is 11.1. The lowest BCUT2D eigenvalue weighted by atomic mass is 10.1. The monoisotopic (exact) mass is 247 g/mol. The number of rotatable bonds is 4. The van der Waals surface area contributed by atoms with Gasteiger partial charge in [0.25, 0.3) is 0 Å². The van der Waals surface area contributed by atoms with E-state index >= 15 is 0 Å². The largest absolute Gasteiger partial charge is 0.394 e. The summed E-state index contributed by atoms with van der Waals surface area (Å²) in [6.45, 7) is 1.30. The summed E-state index contributed by atoms with van der Waals surface area (Å²) >= 11 is 0. The molecule has 1 aromatic carbocycles. The number of aliphatic hydroxyl groups excluding tert-OH is 1. The van der Waals surface area contributed by atoms with Crippen molar-refractivity contribution in [2.75, 3.05) is 6.61 Å². The van der Waals surface area contributed by atoms with Crippen LogP contribution in [0.3, 0.4) is 0 Å². The molecule has 2 N–H and O–H groups in total. The quantitative estimate of drug-likeness (QED) is 0.784. The van der Waals surface area contributed by atoms with Gasteiger partial charge in [0.05, 0.1) is 13.0 Å². The number of hydrogen-bond donors (Lipinski definition) is 2. The predicted octanol–water partition coefficient (Wildman–Crippen LogP) is 1.14. The number of aliphatic hydroxyl groups is 1. The Morgan fingerprint density at radius 2 is 1.88 bits per heavy atom. The SMILES string of the molecule is CC(CO)NC(=O)Cc1cc(F)c(F)cc1F. The molecule has 0 aliphatic heterocycles. The van der Waals surface area contributed by atoms with Crippen LogP contribution in [0.1, 0.15) is 12.5 Å². The molecule has 1 rings (SSSR count). The first-order valence-electron chi connectivity index (χ1n) is 4.97. The summed E-state index contributed by atoms with van der Waals surface area (Å²) in [4.78, 5) is 11.3. The standard InChI is InChI=1S/C11H12F3NO2/c1-6(5-16)15-11(17)3-7-2-9(13)10(14)4-8(7)12/h2,4,6,16H,3,5H2,1H3,(H,15,17). The van der Waals surface area contributed by atoms with E-state index in [9.17, 15) is 18.0 Å². The van der Waals surface area contributed by atoms with E-state index in [0.29, 0.717) is 12.1 Å². The Morgan fingerprint density at radius 3 is 2.47 bits per heavy atom. The highest BCUT2D eigenvalue weighted by molar-refractivity contribution is 5.78. The summed E-state index contributed by atoms with van der Waals surface area (Å²) in [5.74, 6) is -4.05. The van der Waals surface area contributed by atoms with Crippen LogP contribution in [-0.4, -0.2) is 23.7 Å². The third-order valence-electron chi connectivity index (χ3n) is 2.12. The first-order valence-corrected chi connectivity index (χ1v) is 4.97. The number of nitrogens with one attached hydrogen (secondary N) is 1. The normalized spacial score (nSPS) is 12.3. The van der Waals surface area contributed by atoms with Crippen molar-refractivity contribution in [3.8, 4) is 0 Å². The first kappa shape index (κ1) is 13.5. The number of carbonyl (C=O) groups excluding carboxylic acids is 1. The van der Waals surface area contributed by atoms with Crippen LogP contribution >= 0.6 is 0 Å². The molecule has 94 valence electrons. The van der Waals surface area contributed by atoms with Gasteiger partial charge in [-0.25, -0.2) is 13.2 Å². The fraction of sp³-hybridized carbons (Fsp3) is 0.364. The first-order chi connectivity index (χ1) is 7.93. The minimum absolute atomic E-state index is 0.230. The number of hydrogen-bond acceptors (Lipinski definition) is 2. The Kier molecular flexibility index (Phi) is 4.51. The van der Waals surface area contributed by atoms with E-state index in [2.05, 4.69) is 5.32 Å². The van der Waals surface area contributed by atoms with Crippen LogP contribution in [0.4, 0.5) is 13.2 Å². The van der Waals surface area contributed by atoms with Crippen LogP contribution in [-0.2, 0) is 11.2 Å². The minimum Gasteiger partial charge on any atom is -0.394 e. The number of benzene rings is 1. The van der Waals surface area contributed by atoms with Gasteiger partial charge in [-0.05, 0) is 13.0 Å². The van der Waals surface area contributed by atoms with Crippen molar-refractivity contribution >= 4 is 5.91 Å². The van der Waals surface area contributed by atoms with Crippen molar-refractivity contribution in [3.05, 3.63) is 35.1 Å². The number of amides is 1. The van der Waals surface area contributed by atoms with Crippen molar-refractivity contribution in [1.29, 1.82) is 0 Å². The Bertz CT molecular complexity index is 423. The molecule has 0 bridgehead atoms. The van der Waals surface area contributed by atoms with Crippen molar-refractivity contribution in [3.63, 3.8) is 0 Å². The van der Waals surface area contributed by atoms with E-state index < -0.39 is 35.8 Å². The molecule has 0 radical (unpaired) electrons. The molecule has 6 heteroatoms. The fourth-order valence-electron chi connectivity index (χ4n) is 1.24. The van der Waals surface area contributed by atoms with Gasteiger partial charge in [-0.3, -0.25) is 4.79 Å². The molecule has 3 nitrogen and oxygen atoms in total. The average molecular weight is 247 g/mol. The number of halogens is 3. The van der Waals surface area contributed by atoms with Crippen molar-refractivity contribution in [2.24, 2.45) is 0 Å². The Balaban J connectivity index is 2.75. The summed E-state index contributed by atoms with van der Waals surface area (Å²) in [7, 11) is 0. The molecule has 0 saturated carbocycles. The van der Waals surface area contributed by atoms with Gasteiger partial charge in [0.2, 0.25) is 5.91 Å². The molecule has 0 aromatic heterocycles. The van der Waals surface area contributed by atoms with Crippen molar-refractivity contribution in [2.45, 2.75) is 19.4 Å². The average Bonchev–Trinajstić information content (AvgIpc) is 2.25. The van der Waals surface area contributed by atoms with E-state index in [0.717, 1.165) is 0 Å². The summed E-state index contributed by atoms with van der Waals surface area (Å²) in [6.07, 6.45) is -0.409. The smallest absolute Gasteiger partial charge is 0.224 e. The van der Waals surface area contributed by atoms with Crippen LogP contribution in [0.25, 0.3) is 0 Å². The van der Waals surface area contributed by atoms with Gasteiger partial charge >= 0.3 is 0 Å². The zero-order valence-corrected chi connectivity index (χ0v) is 9.14. The lowest BCUT2D eigenvalue weighted by molar-refractivity contribution is -0.121.